The molecule has 272 valence electrons. The second-order valence-electron chi connectivity index (χ2n) is 15.2. The van der Waals surface area contributed by atoms with Gasteiger partial charge in [-0.1, -0.05) is 137 Å². The van der Waals surface area contributed by atoms with E-state index in [-0.39, 0.29) is 41.8 Å². The zero-order valence-electron chi connectivity index (χ0n) is 31.2. The molecule has 0 N–H and O–H groups in total. The zero-order valence-corrected chi connectivity index (χ0v) is 32.2. The fourth-order valence-electron chi connectivity index (χ4n) is 7.48. The van der Waals surface area contributed by atoms with Gasteiger partial charge < -0.3 is 23.4 Å². The summed E-state index contributed by atoms with van der Waals surface area (Å²) in [5.74, 6) is -0.261. The second-order valence-corrected chi connectivity index (χ2v) is 19.5. The lowest BCUT2D eigenvalue weighted by atomic mass is 9.92. The molecule has 51 heavy (non-hydrogen) atoms. The van der Waals surface area contributed by atoms with Gasteiger partial charge in [0, 0.05) is 37.2 Å². The Morgan fingerprint density at radius 3 is 2.20 bits per heavy atom. The first kappa shape index (κ1) is 38.6. The summed E-state index contributed by atoms with van der Waals surface area (Å²) in [5, 5.41) is 2.39. The van der Waals surface area contributed by atoms with E-state index >= 15 is 0 Å². The molecule has 0 aromatic heterocycles. The summed E-state index contributed by atoms with van der Waals surface area (Å²) in [4.78, 5) is 13.5. The van der Waals surface area contributed by atoms with Crippen LogP contribution in [0, 0.1) is 11.3 Å². The monoisotopic (exact) mass is 708 g/mol. The Morgan fingerprint density at radius 1 is 0.961 bits per heavy atom. The summed E-state index contributed by atoms with van der Waals surface area (Å²) in [6.07, 6.45) is 8.12. The maximum absolute atomic E-state index is 13.5. The number of ether oxygens (including phenoxy) is 4. The summed E-state index contributed by atoms with van der Waals surface area (Å²) >= 11 is 0. The molecule has 1 saturated carbocycles. The van der Waals surface area contributed by atoms with Gasteiger partial charge in [0.1, 0.15) is 6.79 Å². The molecule has 7 heteroatoms. The van der Waals surface area contributed by atoms with E-state index in [0.29, 0.717) is 32.7 Å². The molecule has 2 aliphatic carbocycles. The molecular formula is C44H56O6Si. The first-order valence-electron chi connectivity index (χ1n) is 18.3. The van der Waals surface area contributed by atoms with Crippen LogP contribution in [0.4, 0.5) is 0 Å². The van der Waals surface area contributed by atoms with E-state index in [1.54, 1.807) is 7.11 Å². The third-order valence-corrected chi connectivity index (χ3v) is 15.2. The fourth-order valence-corrected chi connectivity index (χ4v) is 12.2. The predicted octanol–water partition coefficient (Wildman–Crippen LogP) is 8.32. The highest BCUT2D eigenvalue weighted by Crippen LogP contribution is 2.42. The van der Waals surface area contributed by atoms with Crippen LogP contribution in [-0.2, 0) is 34.8 Å². The second kappa shape index (κ2) is 17.8. The first-order chi connectivity index (χ1) is 24.6. The minimum Gasteiger partial charge on any atom is -0.462 e. The van der Waals surface area contributed by atoms with E-state index in [0.717, 1.165) is 36.0 Å². The van der Waals surface area contributed by atoms with Crippen LogP contribution in [0.15, 0.2) is 126 Å². The van der Waals surface area contributed by atoms with Crippen molar-refractivity contribution in [1.82, 2.24) is 0 Å². The molecule has 6 nitrogen and oxygen atoms in total. The van der Waals surface area contributed by atoms with Gasteiger partial charge in [-0.3, -0.25) is 0 Å². The first-order valence-corrected chi connectivity index (χ1v) is 20.2. The molecule has 0 unspecified atom stereocenters. The van der Waals surface area contributed by atoms with E-state index < -0.39 is 8.32 Å². The number of allylic oxidation sites excluding steroid dienone is 1. The molecule has 0 aliphatic heterocycles. The molecule has 2 aliphatic rings. The maximum atomic E-state index is 13.5. The van der Waals surface area contributed by atoms with E-state index in [1.807, 2.05) is 18.2 Å². The number of carbonyl (C=O) groups excluding carboxylic acids is 1. The third-order valence-electron chi connectivity index (χ3n) is 10.3. The van der Waals surface area contributed by atoms with Crippen molar-refractivity contribution in [3.63, 3.8) is 0 Å². The summed E-state index contributed by atoms with van der Waals surface area (Å²) in [7, 11) is -1.07. The van der Waals surface area contributed by atoms with Crippen molar-refractivity contribution < 1.29 is 28.2 Å². The Bertz CT molecular complexity index is 1590. The molecule has 0 spiro atoms. The number of benzene rings is 3. The number of methoxy groups -OCH3 is 1. The van der Waals surface area contributed by atoms with Gasteiger partial charge >= 0.3 is 5.97 Å². The van der Waals surface area contributed by atoms with E-state index in [9.17, 15) is 4.79 Å². The highest BCUT2D eigenvalue weighted by molar-refractivity contribution is 6.99. The van der Waals surface area contributed by atoms with Crippen molar-refractivity contribution in [2.75, 3.05) is 33.7 Å². The Balaban J connectivity index is 1.19. The fraction of sp³-hybridized carbons (Fsp3) is 0.432. The third kappa shape index (κ3) is 9.65. The molecule has 3 aromatic rings. The molecule has 0 saturated heterocycles. The molecule has 5 rings (SSSR count). The van der Waals surface area contributed by atoms with Gasteiger partial charge in [-0.05, 0) is 64.2 Å². The highest BCUT2D eigenvalue weighted by Gasteiger charge is 2.51. The molecule has 0 radical (unpaired) electrons. The number of rotatable bonds is 17. The minimum absolute atomic E-state index is 0.0109. The van der Waals surface area contributed by atoms with Gasteiger partial charge in [0.05, 0.1) is 19.3 Å². The van der Waals surface area contributed by atoms with Crippen LogP contribution < -0.4 is 10.4 Å². The summed E-state index contributed by atoms with van der Waals surface area (Å²) < 4.78 is 30.4. The lowest BCUT2D eigenvalue weighted by Gasteiger charge is -2.44. The molecule has 3 atom stereocenters. The molecule has 1 fully saturated rings. The largest absolute Gasteiger partial charge is 0.462 e. The smallest absolute Gasteiger partial charge is 0.333 e. The van der Waals surface area contributed by atoms with Crippen LogP contribution in [0.25, 0.3) is 0 Å². The van der Waals surface area contributed by atoms with Crippen LogP contribution in [0.3, 0.4) is 0 Å². The Hall–Kier alpha value is -3.59. The summed E-state index contributed by atoms with van der Waals surface area (Å²) in [6, 6.07) is 31.6. The highest BCUT2D eigenvalue weighted by atomic mass is 28.4. The van der Waals surface area contributed by atoms with Crippen molar-refractivity contribution in [3.8, 4) is 0 Å². The van der Waals surface area contributed by atoms with Crippen molar-refractivity contribution in [2.45, 2.75) is 77.5 Å². The number of unbranched alkanes of at least 4 members (excludes halogenated alkanes) is 1. The van der Waals surface area contributed by atoms with E-state index in [1.165, 1.54) is 15.9 Å². The average molecular weight is 709 g/mol. The van der Waals surface area contributed by atoms with Crippen LogP contribution >= 0.6 is 0 Å². The van der Waals surface area contributed by atoms with E-state index in [2.05, 4.69) is 119 Å². The molecule has 0 heterocycles. The summed E-state index contributed by atoms with van der Waals surface area (Å²) in [6.45, 7) is 15.8. The van der Waals surface area contributed by atoms with Crippen molar-refractivity contribution in [2.24, 2.45) is 11.3 Å². The lowest BCUT2D eigenvalue weighted by molar-refractivity contribution is -0.140. The van der Waals surface area contributed by atoms with Crippen LogP contribution in [-0.4, -0.2) is 54.1 Å². The van der Waals surface area contributed by atoms with Gasteiger partial charge in [-0.25, -0.2) is 4.79 Å². The van der Waals surface area contributed by atoms with Crippen molar-refractivity contribution >= 4 is 24.7 Å². The van der Waals surface area contributed by atoms with E-state index in [4.69, 9.17) is 23.4 Å². The zero-order chi connectivity index (χ0) is 36.3. The average Bonchev–Trinajstić information content (AvgIpc) is 3.67. The van der Waals surface area contributed by atoms with Crippen molar-refractivity contribution in [1.29, 1.82) is 0 Å². The number of hydrogen-bond donors (Lipinski definition) is 0. The lowest BCUT2D eigenvalue weighted by Crippen LogP contribution is -2.67. The number of hydrogen-bond acceptors (Lipinski definition) is 6. The SMILES string of the molecule is C=C1/C(=C/CCCOCc2ccccc2)[C@H](OCOC)C[C@@H]1COC(=O)C1=C[C@@](C)(CO[Si](c2ccccc2)(c2ccccc2)C(C)(C)C)CC1. The maximum Gasteiger partial charge on any atom is 0.333 e. The Labute approximate surface area is 306 Å². The normalized spacial score (nSPS) is 21.6. The predicted molar refractivity (Wildman–Crippen MR) is 207 cm³/mol. The molecule has 0 amide bonds. The Kier molecular flexibility index (Phi) is 13.5. The van der Waals surface area contributed by atoms with Crippen LogP contribution in [0.5, 0.6) is 0 Å². The number of carbonyl (C=O) groups is 1. The van der Waals surface area contributed by atoms with Crippen molar-refractivity contribution in [3.05, 3.63) is 132 Å². The summed E-state index contributed by atoms with van der Waals surface area (Å²) in [5.41, 5.74) is 3.66. The van der Waals surface area contributed by atoms with Crippen LogP contribution in [0.2, 0.25) is 5.04 Å². The van der Waals surface area contributed by atoms with Gasteiger partial charge in [-0.2, -0.15) is 0 Å². The molecule has 0 bridgehead atoms. The quantitative estimate of drug-likeness (QED) is 0.0609. The van der Waals surface area contributed by atoms with Crippen LogP contribution in [0.1, 0.15) is 65.4 Å². The minimum atomic E-state index is -2.70. The van der Waals surface area contributed by atoms with Gasteiger partial charge in [-0.15, -0.1) is 0 Å². The number of esters is 1. The topological polar surface area (TPSA) is 63.2 Å². The van der Waals surface area contributed by atoms with Gasteiger partial charge in [0.2, 0.25) is 0 Å². The molecule has 3 aromatic carbocycles. The molecular weight excluding hydrogens is 653 g/mol. The van der Waals surface area contributed by atoms with Gasteiger partial charge in [0.25, 0.3) is 8.32 Å². The standard InChI is InChI=1S/C44H56O6Si/c1-34-37(28-41(49-33-46-6)40(34)24-16-17-27-47-30-35-18-10-7-11-19-35)31-48-42(45)36-25-26-44(5,29-36)32-50-51(43(2,3)4,38-20-12-8-13-21-38)39-22-14-9-15-23-39/h7-15,18-24,29,37,41H,1,16-17,25-28,30-33H2,2-6H3/b40-24-/t37-,41-,44+/m1/s1. The van der Waals surface area contributed by atoms with Gasteiger partial charge in [0.15, 0.2) is 0 Å². The Morgan fingerprint density at radius 2 is 1.59 bits per heavy atom.